The van der Waals surface area contributed by atoms with Crippen molar-refractivity contribution in [3.05, 3.63) is 11.7 Å². The van der Waals surface area contributed by atoms with Crippen molar-refractivity contribution in [2.75, 3.05) is 40.3 Å². The van der Waals surface area contributed by atoms with E-state index in [2.05, 4.69) is 34.2 Å². The zero-order chi connectivity index (χ0) is 23.2. The minimum absolute atomic E-state index is 0.00609. The number of carbonyl (C=O) groups excluding carboxylic acids is 2. The third kappa shape index (κ3) is 8.24. The molecule has 2 rings (SSSR count). The van der Waals surface area contributed by atoms with Gasteiger partial charge in [-0.15, -0.1) is 0 Å². The van der Waals surface area contributed by atoms with Gasteiger partial charge < -0.3 is 19.6 Å². The lowest BCUT2D eigenvalue weighted by Crippen LogP contribution is -2.46. The molecule has 176 valence electrons. The average Bonchev–Trinajstić information content (AvgIpc) is 3.14. The third-order valence-electron chi connectivity index (χ3n) is 5.62. The Bertz CT molecular complexity index is 728. The number of piperidine rings is 1. The van der Waals surface area contributed by atoms with Gasteiger partial charge in [-0.25, -0.2) is 0 Å². The molecule has 1 saturated heterocycles. The molecular formula is C23H41N5O3. The number of hydrogen-bond donors (Lipinski definition) is 1. The summed E-state index contributed by atoms with van der Waals surface area (Å²) in [5.74, 6) is 1.53. The average molecular weight is 436 g/mol. The Hall–Kier alpha value is -1.96. The maximum Gasteiger partial charge on any atom is 0.226 e. The van der Waals surface area contributed by atoms with Gasteiger partial charge in [-0.2, -0.15) is 4.98 Å². The molecule has 0 radical (unpaired) electrons. The highest BCUT2D eigenvalue weighted by Crippen LogP contribution is 2.21. The zero-order valence-corrected chi connectivity index (χ0v) is 20.5. The van der Waals surface area contributed by atoms with Crippen LogP contribution >= 0.6 is 0 Å². The number of aryl methyl sites for hydroxylation is 1. The Morgan fingerprint density at radius 2 is 1.81 bits per heavy atom. The Morgan fingerprint density at radius 1 is 1.16 bits per heavy atom. The molecule has 0 bridgehead atoms. The normalized spacial score (nSPS) is 16.1. The minimum atomic E-state index is -0.143. The highest BCUT2D eigenvalue weighted by molar-refractivity contribution is 5.80. The number of likely N-dealkylation sites (tertiary alicyclic amines) is 1. The zero-order valence-electron chi connectivity index (χ0n) is 20.5. The fraction of sp³-hybridized carbons (Fsp3) is 0.826. The lowest BCUT2D eigenvalue weighted by Gasteiger charge is -2.33. The Kier molecular flexibility index (Phi) is 8.63. The standard InChI is InChI=1S/C23H41N5O3/c1-22(2,3)21-25-18(31-26-21)9-8-10-19(29)28-13-11-17(12-14-28)20(30)24-15-23(4,5)16-27(6)7/h17H,8-16H2,1-7H3,(H,24,30). The van der Waals surface area contributed by atoms with Crippen LogP contribution in [0, 0.1) is 11.3 Å². The minimum Gasteiger partial charge on any atom is -0.355 e. The van der Waals surface area contributed by atoms with Crippen LogP contribution < -0.4 is 5.32 Å². The van der Waals surface area contributed by atoms with E-state index in [9.17, 15) is 9.59 Å². The number of hydrogen-bond acceptors (Lipinski definition) is 6. The highest BCUT2D eigenvalue weighted by Gasteiger charge is 2.28. The largest absolute Gasteiger partial charge is 0.355 e. The van der Waals surface area contributed by atoms with E-state index in [4.69, 9.17) is 4.52 Å². The summed E-state index contributed by atoms with van der Waals surface area (Å²) in [6, 6.07) is 0. The molecule has 0 spiro atoms. The molecule has 0 aromatic carbocycles. The summed E-state index contributed by atoms with van der Waals surface area (Å²) < 4.78 is 5.29. The summed E-state index contributed by atoms with van der Waals surface area (Å²) in [6.45, 7) is 13.3. The van der Waals surface area contributed by atoms with Crippen LogP contribution in [-0.4, -0.2) is 72.0 Å². The van der Waals surface area contributed by atoms with Crippen LogP contribution in [0.25, 0.3) is 0 Å². The maximum atomic E-state index is 12.6. The van der Waals surface area contributed by atoms with Crippen LogP contribution in [0.3, 0.4) is 0 Å². The van der Waals surface area contributed by atoms with Gasteiger partial charge >= 0.3 is 0 Å². The van der Waals surface area contributed by atoms with Crippen molar-refractivity contribution in [2.45, 2.75) is 72.1 Å². The third-order valence-corrected chi connectivity index (χ3v) is 5.62. The van der Waals surface area contributed by atoms with Crippen LogP contribution in [0.2, 0.25) is 0 Å². The lowest BCUT2D eigenvalue weighted by atomic mass is 9.91. The summed E-state index contributed by atoms with van der Waals surface area (Å²) in [5.41, 5.74) is -0.113. The van der Waals surface area contributed by atoms with Crippen molar-refractivity contribution < 1.29 is 14.1 Å². The first-order valence-corrected chi connectivity index (χ1v) is 11.4. The molecule has 0 aliphatic carbocycles. The molecule has 1 aliphatic rings. The van der Waals surface area contributed by atoms with Gasteiger partial charge in [0.05, 0.1) is 0 Å². The maximum absolute atomic E-state index is 12.6. The second-order valence-corrected chi connectivity index (χ2v) is 10.9. The predicted molar refractivity (Wildman–Crippen MR) is 121 cm³/mol. The Labute approximate surface area is 187 Å². The smallest absolute Gasteiger partial charge is 0.226 e. The monoisotopic (exact) mass is 435 g/mol. The molecule has 1 fully saturated rings. The van der Waals surface area contributed by atoms with Crippen LogP contribution in [-0.2, 0) is 21.4 Å². The molecule has 0 atom stereocenters. The van der Waals surface area contributed by atoms with E-state index in [1.54, 1.807) is 0 Å². The highest BCUT2D eigenvalue weighted by atomic mass is 16.5. The van der Waals surface area contributed by atoms with Crippen molar-refractivity contribution in [1.29, 1.82) is 0 Å². The van der Waals surface area contributed by atoms with E-state index in [1.165, 1.54) is 0 Å². The topological polar surface area (TPSA) is 91.6 Å². The molecule has 1 aromatic rings. The number of nitrogens with zero attached hydrogens (tertiary/aromatic N) is 4. The Balaban J connectivity index is 1.69. The van der Waals surface area contributed by atoms with Gasteiger partial charge in [-0.1, -0.05) is 39.8 Å². The van der Waals surface area contributed by atoms with E-state index in [1.807, 2.05) is 39.8 Å². The lowest BCUT2D eigenvalue weighted by molar-refractivity contribution is -0.135. The number of nitrogens with one attached hydrogen (secondary N) is 1. The van der Waals surface area contributed by atoms with Crippen molar-refractivity contribution in [2.24, 2.45) is 11.3 Å². The van der Waals surface area contributed by atoms with E-state index >= 15 is 0 Å². The molecule has 8 heteroatoms. The summed E-state index contributed by atoms with van der Waals surface area (Å²) >= 11 is 0. The van der Waals surface area contributed by atoms with Gasteiger partial charge in [-0.3, -0.25) is 9.59 Å². The fourth-order valence-electron chi connectivity index (χ4n) is 3.98. The van der Waals surface area contributed by atoms with E-state index < -0.39 is 0 Å². The van der Waals surface area contributed by atoms with Gasteiger partial charge in [0.2, 0.25) is 17.7 Å². The first-order valence-electron chi connectivity index (χ1n) is 11.4. The van der Waals surface area contributed by atoms with Crippen molar-refractivity contribution in [3.8, 4) is 0 Å². The Morgan fingerprint density at radius 3 is 2.35 bits per heavy atom. The molecule has 0 saturated carbocycles. The van der Waals surface area contributed by atoms with Gasteiger partial charge in [0, 0.05) is 50.4 Å². The van der Waals surface area contributed by atoms with Crippen LogP contribution in [0.4, 0.5) is 0 Å². The van der Waals surface area contributed by atoms with E-state index in [0.717, 1.165) is 19.4 Å². The molecule has 2 amide bonds. The van der Waals surface area contributed by atoms with E-state index in [0.29, 0.717) is 50.6 Å². The molecular weight excluding hydrogens is 394 g/mol. The number of carbonyl (C=O) groups is 2. The summed E-state index contributed by atoms with van der Waals surface area (Å²) in [5, 5.41) is 7.14. The number of amides is 2. The van der Waals surface area contributed by atoms with Crippen molar-refractivity contribution in [3.63, 3.8) is 0 Å². The van der Waals surface area contributed by atoms with E-state index in [-0.39, 0.29) is 28.6 Å². The summed E-state index contributed by atoms with van der Waals surface area (Å²) in [7, 11) is 4.09. The summed E-state index contributed by atoms with van der Waals surface area (Å²) in [6.07, 6.45) is 3.21. The van der Waals surface area contributed by atoms with Crippen LogP contribution in [0.15, 0.2) is 4.52 Å². The second kappa shape index (κ2) is 10.6. The molecule has 2 heterocycles. The van der Waals surface area contributed by atoms with Gasteiger partial charge in [0.25, 0.3) is 0 Å². The van der Waals surface area contributed by atoms with Gasteiger partial charge in [0.1, 0.15) is 0 Å². The van der Waals surface area contributed by atoms with Crippen LogP contribution in [0.1, 0.15) is 72.0 Å². The molecule has 0 unspecified atom stereocenters. The van der Waals surface area contributed by atoms with Gasteiger partial charge in [0.15, 0.2) is 5.82 Å². The first kappa shape index (κ1) is 25.3. The fourth-order valence-corrected chi connectivity index (χ4v) is 3.98. The molecule has 1 aliphatic heterocycles. The van der Waals surface area contributed by atoms with Crippen LogP contribution in [0.5, 0.6) is 0 Å². The molecule has 8 nitrogen and oxygen atoms in total. The van der Waals surface area contributed by atoms with Gasteiger partial charge in [-0.05, 0) is 38.8 Å². The molecule has 1 aromatic heterocycles. The SMILES string of the molecule is CN(C)CC(C)(C)CNC(=O)C1CCN(C(=O)CCCc2nc(C(C)(C)C)no2)CC1. The van der Waals surface area contributed by atoms with Crippen molar-refractivity contribution in [1.82, 2.24) is 25.3 Å². The number of rotatable bonds is 9. The van der Waals surface area contributed by atoms with Crippen molar-refractivity contribution >= 4 is 11.8 Å². The molecule has 31 heavy (non-hydrogen) atoms. The first-order chi connectivity index (χ1) is 14.4. The second-order valence-electron chi connectivity index (χ2n) is 10.9. The molecule has 1 N–H and O–H groups in total. The predicted octanol–water partition coefficient (Wildman–Crippen LogP) is 2.63. The summed E-state index contributed by atoms with van der Waals surface area (Å²) in [4.78, 5) is 33.5. The quantitative estimate of drug-likeness (QED) is 0.641. The number of aromatic nitrogens is 2.